The van der Waals surface area contributed by atoms with E-state index in [0.717, 1.165) is 12.4 Å². The molecule has 9 heteroatoms. The molecule has 0 saturated heterocycles. The van der Waals surface area contributed by atoms with Gasteiger partial charge in [-0.2, -0.15) is 0 Å². The van der Waals surface area contributed by atoms with Crippen molar-refractivity contribution >= 4 is 9.84 Å². The maximum atomic E-state index is 12.7. The average Bonchev–Trinajstić information content (AvgIpc) is 2.47. The molecule has 0 aromatic carbocycles. The van der Waals surface area contributed by atoms with Gasteiger partial charge in [0.2, 0.25) is 15.0 Å². The van der Waals surface area contributed by atoms with Crippen molar-refractivity contribution in [1.82, 2.24) is 19.9 Å². The maximum absolute atomic E-state index is 12.7. The smallest absolute Gasteiger partial charge is 0.247 e. The number of aromatic nitrogens is 4. The van der Waals surface area contributed by atoms with Crippen molar-refractivity contribution in [3.8, 4) is 0 Å². The molecule has 0 unspecified atom stereocenters. The van der Waals surface area contributed by atoms with Gasteiger partial charge in [-0.1, -0.05) is 0 Å². The number of rotatable bonds is 4. The highest BCUT2D eigenvalue weighted by Gasteiger charge is 2.34. The van der Waals surface area contributed by atoms with E-state index in [0.29, 0.717) is 0 Å². The molecule has 2 aromatic rings. The molecule has 0 amide bonds. The second-order valence-corrected chi connectivity index (χ2v) is 6.18. The highest BCUT2D eigenvalue weighted by atomic mass is 32.2. The van der Waals surface area contributed by atoms with Crippen LogP contribution >= 0.6 is 0 Å². The molecule has 0 saturated carbocycles. The molecule has 1 N–H and O–H groups in total. The Kier molecular flexibility index (Phi) is 4.00. The summed E-state index contributed by atoms with van der Waals surface area (Å²) in [5.41, 5.74) is 0. The Morgan fingerprint density at radius 1 is 1.15 bits per heavy atom. The third-order valence-electron chi connectivity index (χ3n) is 2.64. The summed E-state index contributed by atoms with van der Waals surface area (Å²) in [5.74, 6) is -0.860. The standard InChI is InChI=1S/C11H11FN4O3S/c1-7(9(17)10-15-5-8(12)6-16-10)20(18,19)11-13-3-2-4-14-11/h2-7,9,17H,1H3/t7-,9+/m0/s1. The molecule has 0 spiro atoms. The van der Waals surface area contributed by atoms with Gasteiger partial charge in [0.05, 0.1) is 17.6 Å². The molecule has 0 fully saturated rings. The lowest BCUT2D eigenvalue weighted by atomic mass is 10.2. The molecule has 0 bridgehead atoms. The van der Waals surface area contributed by atoms with Crippen molar-refractivity contribution in [3.63, 3.8) is 0 Å². The number of hydrogen-bond acceptors (Lipinski definition) is 7. The van der Waals surface area contributed by atoms with Gasteiger partial charge in [-0.15, -0.1) is 0 Å². The molecule has 106 valence electrons. The lowest BCUT2D eigenvalue weighted by Gasteiger charge is -2.16. The minimum absolute atomic E-state index is 0.182. The van der Waals surface area contributed by atoms with Crippen molar-refractivity contribution in [2.75, 3.05) is 0 Å². The third-order valence-corrected chi connectivity index (χ3v) is 4.59. The Morgan fingerprint density at radius 3 is 2.25 bits per heavy atom. The quantitative estimate of drug-likeness (QED) is 0.809. The number of aliphatic hydroxyl groups is 1. The molecule has 2 heterocycles. The molecule has 0 aliphatic heterocycles. The first-order valence-electron chi connectivity index (χ1n) is 5.59. The number of sulfone groups is 1. The summed E-state index contributed by atoms with van der Waals surface area (Å²) < 4.78 is 37.1. The van der Waals surface area contributed by atoms with Crippen LogP contribution in [0.5, 0.6) is 0 Å². The van der Waals surface area contributed by atoms with Gasteiger partial charge in [-0.05, 0) is 13.0 Å². The third kappa shape index (κ3) is 2.78. The Hall–Kier alpha value is -2.00. The molecular weight excluding hydrogens is 287 g/mol. The van der Waals surface area contributed by atoms with E-state index < -0.39 is 32.2 Å². The van der Waals surface area contributed by atoms with Crippen LogP contribution in [-0.2, 0) is 9.84 Å². The van der Waals surface area contributed by atoms with Crippen molar-refractivity contribution in [3.05, 3.63) is 42.5 Å². The van der Waals surface area contributed by atoms with Crippen LogP contribution in [0.2, 0.25) is 0 Å². The van der Waals surface area contributed by atoms with Crippen molar-refractivity contribution in [2.24, 2.45) is 0 Å². The van der Waals surface area contributed by atoms with Gasteiger partial charge < -0.3 is 5.11 Å². The summed E-state index contributed by atoms with van der Waals surface area (Å²) >= 11 is 0. The fourth-order valence-electron chi connectivity index (χ4n) is 1.45. The van der Waals surface area contributed by atoms with Crippen LogP contribution in [0, 0.1) is 5.82 Å². The number of halogens is 1. The Labute approximate surface area is 114 Å². The van der Waals surface area contributed by atoms with Gasteiger partial charge in [-0.25, -0.2) is 32.7 Å². The summed E-state index contributed by atoms with van der Waals surface area (Å²) in [7, 11) is -3.94. The molecule has 2 rings (SSSR count). The van der Waals surface area contributed by atoms with Crippen LogP contribution in [0.15, 0.2) is 36.0 Å². The van der Waals surface area contributed by atoms with Crippen LogP contribution in [-0.4, -0.2) is 38.7 Å². The zero-order valence-electron chi connectivity index (χ0n) is 10.4. The largest absolute Gasteiger partial charge is 0.384 e. The van der Waals surface area contributed by atoms with Crippen LogP contribution in [0.4, 0.5) is 4.39 Å². The summed E-state index contributed by atoms with van der Waals surface area (Å²) in [5, 5.41) is 8.33. The zero-order valence-corrected chi connectivity index (χ0v) is 11.2. The molecule has 0 aliphatic carbocycles. The van der Waals surface area contributed by atoms with Gasteiger partial charge in [0.1, 0.15) is 6.10 Å². The molecule has 0 aliphatic rings. The fraction of sp³-hybridized carbons (Fsp3) is 0.273. The molecular formula is C11H11FN4O3S. The first kappa shape index (κ1) is 14.4. The normalized spacial score (nSPS) is 14.8. The average molecular weight is 298 g/mol. The fourth-order valence-corrected chi connectivity index (χ4v) is 2.66. The highest BCUT2D eigenvalue weighted by molar-refractivity contribution is 7.91. The number of aliphatic hydroxyl groups excluding tert-OH is 1. The second-order valence-electron chi connectivity index (χ2n) is 3.99. The van der Waals surface area contributed by atoms with Crippen molar-refractivity contribution in [2.45, 2.75) is 23.4 Å². The van der Waals surface area contributed by atoms with Crippen LogP contribution in [0.3, 0.4) is 0 Å². The van der Waals surface area contributed by atoms with E-state index in [9.17, 15) is 17.9 Å². The van der Waals surface area contributed by atoms with E-state index in [2.05, 4.69) is 19.9 Å². The Bertz CT molecular complexity index is 679. The summed E-state index contributed by atoms with van der Waals surface area (Å²) in [6.45, 7) is 1.28. The second kappa shape index (κ2) is 5.55. The minimum atomic E-state index is -3.94. The molecule has 0 radical (unpaired) electrons. The monoisotopic (exact) mass is 298 g/mol. The van der Waals surface area contributed by atoms with E-state index in [1.165, 1.54) is 25.4 Å². The molecule has 2 aromatic heterocycles. The van der Waals surface area contributed by atoms with Gasteiger partial charge in [0, 0.05) is 12.4 Å². The zero-order chi connectivity index (χ0) is 14.8. The minimum Gasteiger partial charge on any atom is -0.384 e. The van der Waals surface area contributed by atoms with Gasteiger partial charge in [0.15, 0.2) is 11.6 Å². The predicted molar refractivity (Wildman–Crippen MR) is 65.6 cm³/mol. The summed E-state index contributed by atoms with van der Waals surface area (Å²) in [4.78, 5) is 14.4. The van der Waals surface area contributed by atoms with Crippen molar-refractivity contribution in [1.29, 1.82) is 0 Å². The topological polar surface area (TPSA) is 106 Å². The van der Waals surface area contributed by atoms with E-state index in [4.69, 9.17) is 0 Å². The maximum Gasteiger partial charge on any atom is 0.247 e. The first-order chi connectivity index (χ1) is 9.43. The van der Waals surface area contributed by atoms with Gasteiger partial charge in [0.25, 0.3) is 0 Å². The van der Waals surface area contributed by atoms with E-state index >= 15 is 0 Å². The van der Waals surface area contributed by atoms with E-state index in [1.54, 1.807) is 0 Å². The SMILES string of the molecule is C[C@@H]([C@@H](O)c1ncc(F)cn1)S(=O)(=O)c1ncccn1. The predicted octanol–water partition coefficient (Wildman–Crippen LogP) is 0.302. The van der Waals surface area contributed by atoms with Crippen molar-refractivity contribution < 1.29 is 17.9 Å². The summed E-state index contributed by atoms with van der Waals surface area (Å²) in [6.07, 6.45) is 2.76. The Morgan fingerprint density at radius 2 is 1.70 bits per heavy atom. The number of hydrogen-bond donors (Lipinski definition) is 1. The lowest BCUT2D eigenvalue weighted by Crippen LogP contribution is -2.28. The molecule has 20 heavy (non-hydrogen) atoms. The molecule has 2 atom stereocenters. The molecule has 7 nitrogen and oxygen atoms in total. The number of nitrogens with zero attached hydrogens (tertiary/aromatic N) is 4. The van der Waals surface area contributed by atoms with Crippen LogP contribution in [0.1, 0.15) is 18.9 Å². The summed E-state index contributed by atoms with van der Waals surface area (Å²) in [6, 6.07) is 1.48. The van der Waals surface area contributed by atoms with Crippen LogP contribution < -0.4 is 0 Å². The van der Waals surface area contributed by atoms with Gasteiger partial charge >= 0.3 is 0 Å². The first-order valence-corrected chi connectivity index (χ1v) is 7.14. The van der Waals surface area contributed by atoms with E-state index in [1.807, 2.05) is 0 Å². The van der Waals surface area contributed by atoms with E-state index in [-0.39, 0.29) is 5.82 Å². The van der Waals surface area contributed by atoms with Gasteiger partial charge in [-0.3, -0.25) is 0 Å². The lowest BCUT2D eigenvalue weighted by molar-refractivity contribution is 0.165. The Balaban J connectivity index is 2.31. The van der Waals surface area contributed by atoms with Crippen LogP contribution in [0.25, 0.3) is 0 Å². The highest BCUT2D eigenvalue weighted by Crippen LogP contribution is 2.22.